The molecule has 19 heavy (non-hydrogen) atoms. The van der Waals surface area contributed by atoms with Crippen LogP contribution in [0.15, 0.2) is 41.1 Å². The highest BCUT2D eigenvalue weighted by molar-refractivity contribution is 7.08. The van der Waals surface area contributed by atoms with Crippen LogP contribution in [-0.2, 0) is 11.2 Å². The SMILES string of the molecule is O=C(O)[C@@H]1Cc2ccccc2N1C(=O)c1ccsc1. The Bertz CT molecular complexity index is 636. The van der Waals surface area contributed by atoms with Crippen molar-refractivity contribution in [3.63, 3.8) is 0 Å². The van der Waals surface area contributed by atoms with Crippen molar-refractivity contribution < 1.29 is 14.7 Å². The molecule has 3 rings (SSSR count). The van der Waals surface area contributed by atoms with E-state index in [0.29, 0.717) is 17.7 Å². The largest absolute Gasteiger partial charge is 0.480 e. The molecule has 1 aliphatic heterocycles. The first-order valence-corrected chi connectivity index (χ1v) is 6.79. The number of nitrogens with zero attached hydrogens (tertiary/aromatic N) is 1. The second kappa shape index (κ2) is 4.51. The molecular formula is C14H11NO3S. The lowest BCUT2D eigenvalue weighted by molar-refractivity contribution is -0.138. The third kappa shape index (κ3) is 1.92. The molecule has 0 unspecified atom stereocenters. The number of thiophene rings is 1. The summed E-state index contributed by atoms with van der Waals surface area (Å²) in [5.74, 6) is -1.22. The highest BCUT2D eigenvalue weighted by Gasteiger charge is 2.38. The van der Waals surface area contributed by atoms with Crippen LogP contribution in [0.1, 0.15) is 15.9 Å². The fourth-order valence-corrected chi connectivity index (χ4v) is 2.99. The molecule has 1 aromatic carbocycles. The number of benzene rings is 1. The van der Waals surface area contributed by atoms with Crippen LogP contribution in [0.2, 0.25) is 0 Å². The summed E-state index contributed by atoms with van der Waals surface area (Å²) in [5, 5.41) is 12.9. The smallest absolute Gasteiger partial charge is 0.327 e. The van der Waals surface area contributed by atoms with Gasteiger partial charge in [0.2, 0.25) is 0 Å². The Labute approximate surface area is 113 Å². The predicted molar refractivity (Wildman–Crippen MR) is 72.7 cm³/mol. The summed E-state index contributed by atoms with van der Waals surface area (Å²) in [4.78, 5) is 25.2. The number of anilines is 1. The monoisotopic (exact) mass is 273 g/mol. The van der Waals surface area contributed by atoms with Gasteiger partial charge >= 0.3 is 5.97 Å². The molecule has 5 heteroatoms. The lowest BCUT2D eigenvalue weighted by atomic mass is 10.1. The minimum absolute atomic E-state index is 0.251. The zero-order chi connectivity index (χ0) is 13.4. The van der Waals surface area contributed by atoms with Gasteiger partial charge in [-0.05, 0) is 23.1 Å². The molecule has 0 radical (unpaired) electrons. The first-order valence-electron chi connectivity index (χ1n) is 5.85. The maximum atomic E-state index is 12.5. The Morgan fingerprint density at radius 2 is 2.05 bits per heavy atom. The van der Waals surface area contributed by atoms with Gasteiger partial charge in [0.15, 0.2) is 0 Å². The Morgan fingerprint density at radius 3 is 2.74 bits per heavy atom. The first kappa shape index (κ1) is 11.9. The third-order valence-electron chi connectivity index (χ3n) is 3.25. The van der Waals surface area contributed by atoms with E-state index in [1.807, 2.05) is 23.6 Å². The zero-order valence-corrected chi connectivity index (χ0v) is 10.8. The van der Waals surface area contributed by atoms with E-state index in [-0.39, 0.29) is 5.91 Å². The van der Waals surface area contributed by atoms with E-state index >= 15 is 0 Å². The number of para-hydroxylation sites is 1. The number of hydrogen-bond acceptors (Lipinski definition) is 3. The van der Waals surface area contributed by atoms with Gasteiger partial charge < -0.3 is 5.11 Å². The molecule has 0 bridgehead atoms. The first-order chi connectivity index (χ1) is 9.18. The highest BCUT2D eigenvalue weighted by Crippen LogP contribution is 2.33. The lowest BCUT2D eigenvalue weighted by Crippen LogP contribution is -2.42. The van der Waals surface area contributed by atoms with Gasteiger partial charge in [0, 0.05) is 17.5 Å². The van der Waals surface area contributed by atoms with E-state index in [1.54, 1.807) is 17.5 Å². The van der Waals surface area contributed by atoms with Crippen molar-refractivity contribution in [3.8, 4) is 0 Å². The summed E-state index contributed by atoms with van der Waals surface area (Å²) < 4.78 is 0. The number of carboxylic acid groups (broad SMARTS) is 1. The van der Waals surface area contributed by atoms with Gasteiger partial charge in [-0.3, -0.25) is 9.69 Å². The highest BCUT2D eigenvalue weighted by atomic mass is 32.1. The Balaban J connectivity index is 2.05. The predicted octanol–water partition coefficient (Wildman–Crippen LogP) is 2.40. The Morgan fingerprint density at radius 1 is 1.26 bits per heavy atom. The molecular weight excluding hydrogens is 262 g/mol. The average Bonchev–Trinajstić information content (AvgIpc) is 3.05. The minimum Gasteiger partial charge on any atom is -0.480 e. The van der Waals surface area contributed by atoms with Gasteiger partial charge in [-0.1, -0.05) is 18.2 Å². The maximum Gasteiger partial charge on any atom is 0.327 e. The van der Waals surface area contributed by atoms with Gasteiger partial charge in [0.05, 0.1) is 5.56 Å². The molecule has 0 fully saturated rings. The molecule has 1 N–H and O–H groups in total. The summed E-state index contributed by atoms with van der Waals surface area (Å²) in [7, 11) is 0. The van der Waals surface area contributed by atoms with Gasteiger partial charge in [-0.25, -0.2) is 4.79 Å². The molecule has 2 aromatic rings. The molecule has 0 spiro atoms. The van der Waals surface area contributed by atoms with E-state index in [2.05, 4.69) is 0 Å². The molecule has 1 atom stereocenters. The molecule has 96 valence electrons. The molecule has 1 amide bonds. The van der Waals surface area contributed by atoms with Crippen molar-refractivity contribution in [2.75, 3.05) is 4.90 Å². The van der Waals surface area contributed by atoms with Crippen molar-refractivity contribution in [2.45, 2.75) is 12.5 Å². The molecule has 1 aliphatic rings. The van der Waals surface area contributed by atoms with Gasteiger partial charge in [0.25, 0.3) is 5.91 Å². The fraction of sp³-hybridized carbons (Fsp3) is 0.143. The normalized spacial score (nSPS) is 17.3. The maximum absolute atomic E-state index is 12.5. The standard InChI is InChI=1S/C14H11NO3S/c16-13(10-5-6-19-8-10)15-11-4-2-1-3-9(11)7-12(15)14(17)18/h1-6,8,12H,7H2,(H,17,18)/t12-/m0/s1. The number of aliphatic carboxylic acids is 1. The van der Waals surface area contributed by atoms with Crippen LogP contribution in [0.3, 0.4) is 0 Å². The van der Waals surface area contributed by atoms with Crippen molar-refractivity contribution in [2.24, 2.45) is 0 Å². The number of amides is 1. The Hall–Kier alpha value is -2.14. The second-order valence-corrected chi connectivity index (χ2v) is 5.15. The quantitative estimate of drug-likeness (QED) is 0.914. The van der Waals surface area contributed by atoms with Crippen molar-refractivity contribution >= 4 is 28.9 Å². The third-order valence-corrected chi connectivity index (χ3v) is 3.93. The molecule has 4 nitrogen and oxygen atoms in total. The number of fused-ring (bicyclic) bond motifs is 1. The number of carboxylic acids is 1. The lowest BCUT2D eigenvalue weighted by Gasteiger charge is -2.22. The summed E-state index contributed by atoms with van der Waals surface area (Å²) in [6.45, 7) is 0. The van der Waals surface area contributed by atoms with E-state index in [4.69, 9.17) is 0 Å². The molecule has 2 heterocycles. The van der Waals surface area contributed by atoms with E-state index in [1.165, 1.54) is 16.2 Å². The van der Waals surface area contributed by atoms with Gasteiger partial charge in [-0.2, -0.15) is 11.3 Å². The van der Waals surface area contributed by atoms with Crippen LogP contribution < -0.4 is 4.90 Å². The topological polar surface area (TPSA) is 57.6 Å². The fourth-order valence-electron chi connectivity index (χ4n) is 2.36. The van der Waals surface area contributed by atoms with Gasteiger partial charge in [0.1, 0.15) is 6.04 Å². The molecule has 1 aromatic heterocycles. The molecule has 0 aliphatic carbocycles. The Kier molecular flexibility index (Phi) is 2.83. The van der Waals surface area contributed by atoms with Crippen LogP contribution >= 0.6 is 11.3 Å². The minimum atomic E-state index is -0.972. The summed E-state index contributed by atoms with van der Waals surface area (Å²) >= 11 is 1.42. The number of hydrogen-bond donors (Lipinski definition) is 1. The summed E-state index contributed by atoms with van der Waals surface area (Å²) in [5.41, 5.74) is 2.14. The van der Waals surface area contributed by atoms with E-state index < -0.39 is 12.0 Å². The van der Waals surface area contributed by atoms with E-state index in [9.17, 15) is 14.7 Å². The average molecular weight is 273 g/mol. The van der Waals surface area contributed by atoms with Crippen molar-refractivity contribution in [3.05, 3.63) is 52.2 Å². The summed E-state index contributed by atoms with van der Waals surface area (Å²) in [6.07, 6.45) is 0.362. The second-order valence-electron chi connectivity index (χ2n) is 4.37. The van der Waals surface area contributed by atoms with Crippen molar-refractivity contribution in [1.29, 1.82) is 0 Å². The van der Waals surface area contributed by atoms with Crippen LogP contribution in [0.25, 0.3) is 0 Å². The van der Waals surface area contributed by atoms with E-state index in [0.717, 1.165) is 5.56 Å². The summed E-state index contributed by atoms with van der Waals surface area (Å²) in [6, 6.07) is 8.24. The number of carbonyl (C=O) groups is 2. The van der Waals surface area contributed by atoms with Crippen molar-refractivity contribution in [1.82, 2.24) is 0 Å². The zero-order valence-electron chi connectivity index (χ0n) is 9.95. The number of rotatable bonds is 2. The van der Waals surface area contributed by atoms with Crippen LogP contribution in [0.5, 0.6) is 0 Å². The van der Waals surface area contributed by atoms with Gasteiger partial charge in [-0.15, -0.1) is 0 Å². The van der Waals surface area contributed by atoms with Crippen LogP contribution in [-0.4, -0.2) is 23.0 Å². The molecule has 0 saturated heterocycles. The number of carbonyl (C=O) groups excluding carboxylic acids is 1. The van der Waals surface area contributed by atoms with Crippen LogP contribution in [0.4, 0.5) is 5.69 Å². The molecule has 0 saturated carbocycles. The van der Waals surface area contributed by atoms with Crippen LogP contribution in [0, 0.1) is 0 Å².